The molecule has 0 unspecified atom stereocenters. The molecule has 2 rings (SSSR count). The van der Waals surface area contributed by atoms with Gasteiger partial charge in [-0.3, -0.25) is 0 Å². The summed E-state index contributed by atoms with van der Waals surface area (Å²) < 4.78 is 0. The maximum atomic E-state index is 9.18. The van der Waals surface area contributed by atoms with Crippen molar-refractivity contribution in [1.82, 2.24) is 0 Å². The van der Waals surface area contributed by atoms with Crippen LogP contribution in [0.3, 0.4) is 0 Å². The van der Waals surface area contributed by atoms with Crippen LogP contribution in [-0.4, -0.2) is 33.5 Å². The SMILES string of the molecule is CC1(N=NC2(C)CC(O)C2)CC(O)C1.Cl.Cl. The third-order valence-electron chi connectivity index (χ3n) is 3.23. The molecule has 2 N–H and O–H groups in total. The summed E-state index contributed by atoms with van der Waals surface area (Å²) in [6.45, 7) is 4.03. The van der Waals surface area contributed by atoms with Gasteiger partial charge in [0.1, 0.15) is 0 Å². The minimum absolute atomic E-state index is 0. The second-order valence-corrected chi connectivity index (χ2v) is 5.32. The summed E-state index contributed by atoms with van der Waals surface area (Å²) in [5.74, 6) is 0. The predicted octanol–water partition coefficient (Wildman–Crippen LogP) is 2.11. The maximum absolute atomic E-state index is 9.18. The van der Waals surface area contributed by atoms with Crippen LogP contribution >= 0.6 is 24.8 Å². The zero-order valence-electron chi connectivity index (χ0n) is 9.59. The molecule has 0 saturated heterocycles. The van der Waals surface area contributed by atoms with E-state index >= 15 is 0 Å². The Morgan fingerprint density at radius 1 is 0.812 bits per heavy atom. The molecule has 0 atom stereocenters. The van der Waals surface area contributed by atoms with E-state index in [0.717, 1.165) is 25.7 Å². The largest absolute Gasteiger partial charge is 0.393 e. The Bertz CT molecular complexity index is 236. The van der Waals surface area contributed by atoms with Gasteiger partial charge in [0, 0.05) is 25.7 Å². The van der Waals surface area contributed by atoms with Crippen molar-refractivity contribution in [3.8, 4) is 0 Å². The molecule has 0 bridgehead atoms. The molecular formula is C10H20Cl2N2O2. The monoisotopic (exact) mass is 270 g/mol. The van der Waals surface area contributed by atoms with Crippen molar-refractivity contribution in [3.05, 3.63) is 0 Å². The van der Waals surface area contributed by atoms with Gasteiger partial charge in [-0.15, -0.1) is 24.8 Å². The molecule has 6 heteroatoms. The van der Waals surface area contributed by atoms with Gasteiger partial charge in [-0.2, -0.15) is 10.2 Å². The molecule has 96 valence electrons. The Kier molecular flexibility index (Phi) is 5.20. The minimum Gasteiger partial charge on any atom is -0.393 e. The lowest BCUT2D eigenvalue weighted by molar-refractivity contribution is 0.0111. The highest BCUT2D eigenvalue weighted by molar-refractivity contribution is 5.85. The van der Waals surface area contributed by atoms with E-state index in [4.69, 9.17) is 0 Å². The van der Waals surface area contributed by atoms with Crippen LogP contribution < -0.4 is 0 Å². The third kappa shape index (κ3) is 3.29. The molecule has 0 aromatic carbocycles. The molecular weight excluding hydrogens is 251 g/mol. The smallest absolute Gasteiger partial charge is 0.0837 e. The van der Waals surface area contributed by atoms with Gasteiger partial charge in [0.15, 0.2) is 0 Å². The average Bonchev–Trinajstić information content (AvgIpc) is 1.96. The van der Waals surface area contributed by atoms with Gasteiger partial charge in [-0.05, 0) is 13.8 Å². The lowest BCUT2D eigenvalue weighted by Gasteiger charge is -2.41. The van der Waals surface area contributed by atoms with E-state index in [-0.39, 0.29) is 48.1 Å². The van der Waals surface area contributed by atoms with Gasteiger partial charge in [0.25, 0.3) is 0 Å². The zero-order chi connectivity index (χ0) is 10.4. The summed E-state index contributed by atoms with van der Waals surface area (Å²) in [7, 11) is 0. The molecule has 2 fully saturated rings. The summed E-state index contributed by atoms with van der Waals surface area (Å²) in [5.41, 5.74) is -0.300. The highest BCUT2D eigenvalue weighted by Gasteiger charge is 2.43. The highest BCUT2D eigenvalue weighted by atomic mass is 35.5. The van der Waals surface area contributed by atoms with Gasteiger partial charge < -0.3 is 10.2 Å². The number of halogens is 2. The molecule has 0 aromatic heterocycles. The van der Waals surface area contributed by atoms with Crippen molar-refractivity contribution < 1.29 is 10.2 Å². The molecule has 2 saturated carbocycles. The first kappa shape index (κ1) is 16.1. The molecule has 4 nitrogen and oxygen atoms in total. The Hall–Kier alpha value is 0.100. The van der Waals surface area contributed by atoms with Gasteiger partial charge >= 0.3 is 0 Å². The second-order valence-electron chi connectivity index (χ2n) is 5.32. The van der Waals surface area contributed by atoms with Crippen LogP contribution in [0.4, 0.5) is 0 Å². The molecule has 16 heavy (non-hydrogen) atoms. The lowest BCUT2D eigenvalue weighted by Crippen LogP contribution is -2.45. The summed E-state index contributed by atoms with van der Waals surface area (Å²) in [4.78, 5) is 0. The van der Waals surface area contributed by atoms with Crippen molar-refractivity contribution in [2.75, 3.05) is 0 Å². The van der Waals surface area contributed by atoms with Crippen molar-refractivity contribution in [3.63, 3.8) is 0 Å². The normalized spacial score (nSPS) is 46.2. The highest BCUT2D eigenvalue weighted by Crippen LogP contribution is 2.40. The minimum atomic E-state index is -0.196. The van der Waals surface area contributed by atoms with E-state index in [9.17, 15) is 10.2 Å². The first-order valence-electron chi connectivity index (χ1n) is 5.21. The number of nitrogens with zero attached hydrogens (tertiary/aromatic N) is 2. The predicted molar refractivity (Wildman–Crippen MR) is 66.6 cm³/mol. The lowest BCUT2D eigenvalue weighted by atomic mass is 9.75. The van der Waals surface area contributed by atoms with Crippen LogP contribution in [-0.2, 0) is 0 Å². The molecule has 2 aliphatic carbocycles. The second kappa shape index (κ2) is 5.17. The fraction of sp³-hybridized carbons (Fsp3) is 1.00. The zero-order valence-corrected chi connectivity index (χ0v) is 11.2. The quantitative estimate of drug-likeness (QED) is 0.755. The van der Waals surface area contributed by atoms with E-state index in [1.54, 1.807) is 0 Å². The fourth-order valence-electron chi connectivity index (χ4n) is 2.32. The van der Waals surface area contributed by atoms with E-state index in [1.165, 1.54) is 0 Å². The number of aliphatic hydroxyl groups is 2. The van der Waals surface area contributed by atoms with Crippen LogP contribution in [0.2, 0.25) is 0 Å². The van der Waals surface area contributed by atoms with Gasteiger partial charge in [0.2, 0.25) is 0 Å². The number of rotatable bonds is 2. The van der Waals surface area contributed by atoms with E-state index < -0.39 is 0 Å². The first-order valence-corrected chi connectivity index (χ1v) is 5.21. The maximum Gasteiger partial charge on any atom is 0.0837 e. The standard InChI is InChI=1S/C10H18N2O2.2ClH/c1-9(3-7(13)4-9)11-12-10(2)5-8(14)6-10;;/h7-8,13-14H,3-6H2,1-2H3;2*1H. The van der Waals surface area contributed by atoms with Crippen molar-refractivity contribution in [2.45, 2.75) is 62.8 Å². The summed E-state index contributed by atoms with van der Waals surface area (Å²) in [6.07, 6.45) is 2.48. The Morgan fingerprint density at radius 3 is 1.25 bits per heavy atom. The fourth-order valence-corrected chi connectivity index (χ4v) is 2.32. The third-order valence-corrected chi connectivity index (χ3v) is 3.23. The molecule has 0 aromatic rings. The van der Waals surface area contributed by atoms with Crippen LogP contribution in [0.25, 0.3) is 0 Å². The van der Waals surface area contributed by atoms with E-state index in [0.29, 0.717) is 0 Å². The number of aliphatic hydroxyl groups excluding tert-OH is 2. The number of hydrogen-bond acceptors (Lipinski definition) is 4. The molecule has 0 spiro atoms. The van der Waals surface area contributed by atoms with E-state index in [1.807, 2.05) is 13.8 Å². The Labute approximate surface area is 108 Å². The van der Waals surface area contributed by atoms with Gasteiger partial charge in [-0.1, -0.05) is 0 Å². The number of hydrogen-bond donors (Lipinski definition) is 2. The van der Waals surface area contributed by atoms with Gasteiger partial charge in [-0.25, -0.2) is 0 Å². The number of azo groups is 1. The Balaban J connectivity index is 0.00000112. The molecule has 0 heterocycles. The van der Waals surface area contributed by atoms with Crippen LogP contribution in [0, 0.1) is 0 Å². The van der Waals surface area contributed by atoms with Crippen molar-refractivity contribution in [2.24, 2.45) is 10.2 Å². The first-order chi connectivity index (χ1) is 6.41. The topological polar surface area (TPSA) is 65.2 Å². The van der Waals surface area contributed by atoms with Crippen LogP contribution in [0.1, 0.15) is 39.5 Å². The molecule has 0 amide bonds. The molecule has 2 aliphatic rings. The summed E-state index contributed by atoms with van der Waals surface area (Å²) in [5, 5.41) is 27.0. The van der Waals surface area contributed by atoms with Crippen molar-refractivity contribution in [1.29, 1.82) is 0 Å². The average molecular weight is 271 g/mol. The Morgan fingerprint density at radius 2 is 1.06 bits per heavy atom. The molecule has 0 aliphatic heterocycles. The summed E-state index contributed by atoms with van der Waals surface area (Å²) in [6, 6.07) is 0. The van der Waals surface area contributed by atoms with Gasteiger partial charge in [0.05, 0.1) is 23.3 Å². The van der Waals surface area contributed by atoms with E-state index in [2.05, 4.69) is 10.2 Å². The van der Waals surface area contributed by atoms with Crippen molar-refractivity contribution >= 4 is 24.8 Å². The molecule has 0 radical (unpaired) electrons. The van der Waals surface area contributed by atoms with Crippen LogP contribution in [0.5, 0.6) is 0 Å². The van der Waals surface area contributed by atoms with Crippen LogP contribution in [0.15, 0.2) is 10.2 Å². The summed E-state index contributed by atoms with van der Waals surface area (Å²) >= 11 is 0.